The number of nitrogens with one attached hydrogen (secondary N) is 3. The number of H-pyrrole nitrogens is 1. The van der Waals surface area contributed by atoms with E-state index in [1.165, 1.54) is 12.8 Å². The summed E-state index contributed by atoms with van der Waals surface area (Å²) >= 11 is 0. The van der Waals surface area contributed by atoms with Crippen molar-refractivity contribution in [2.24, 2.45) is 5.11 Å². The monoisotopic (exact) mass is 379 g/mol. The first kappa shape index (κ1) is 20.1. The zero-order valence-electron chi connectivity index (χ0n) is 16.7. The molecule has 3 N–H and O–H groups in total. The highest BCUT2D eigenvalue weighted by atomic mass is 15.5. The molecule has 1 fully saturated rings. The highest BCUT2D eigenvalue weighted by Gasteiger charge is 2.21. The van der Waals surface area contributed by atoms with Gasteiger partial charge in [0, 0.05) is 35.6 Å². The maximum Gasteiger partial charge on any atom is 0.111 e. The smallest absolute Gasteiger partial charge is 0.111 e. The molecule has 0 aliphatic carbocycles. The predicted molar refractivity (Wildman–Crippen MR) is 111 cm³/mol. The molecule has 7 nitrogen and oxygen atoms in total. The molecule has 1 unspecified atom stereocenters. The first-order chi connectivity index (χ1) is 13.8. The fourth-order valence-corrected chi connectivity index (χ4v) is 3.68. The van der Waals surface area contributed by atoms with Crippen molar-refractivity contribution < 1.29 is 0 Å². The molecule has 2 aromatic rings. The molecule has 7 heteroatoms. The number of hydrogen-bond donors (Lipinski definition) is 3. The van der Waals surface area contributed by atoms with Crippen molar-refractivity contribution in [1.82, 2.24) is 25.6 Å². The van der Waals surface area contributed by atoms with E-state index in [0.29, 0.717) is 11.7 Å². The lowest BCUT2D eigenvalue weighted by atomic mass is 10.0. The molecule has 0 spiro atoms. The number of hydrazine groups is 1. The van der Waals surface area contributed by atoms with E-state index in [-0.39, 0.29) is 0 Å². The number of aromatic nitrogens is 3. The Balaban J connectivity index is 1.76. The van der Waals surface area contributed by atoms with E-state index in [4.69, 9.17) is 10.5 Å². The number of rotatable bonds is 9. The topological polar surface area (TPSA) is 93.1 Å². The van der Waals surface area contributed by atoms with E-state index in [2.05, 4.69) is 38.7 Å². The second kappa shape index (κ2) is 10.1. The summed E-state index contributed by atoms with van der Waals surface area (Å²) in [5.41, 5.74) is 15.2. The van der Waals surface area contributed by atoms with E-state index in [0.717, 1.165) is 48.3 Å². The standard InChI is InChI=1S/C21H29N7/c1-3-7-19-18(16-14-24-25-15-16)11-12-20(26-19)21(27-22)10-5-4-8-17-9-6-13-28(17)23-2/h4-5,10-12,14-15,17,22-23H,3,6-9,13H2,1-2H3,(H,24,25)/b5-4+,21-10-,27-22?. The fraction of sp³-hybridized carbons (Fsp3) is 0.429. The van der Waals surface area contributed by atoms with Gasteiger partial charge in [0.05, 0.1) is 11.9 Å². The highest BCUT2D eigenvalue weighted by Crippen LogP contribution is 2.25. The molecule has 3 rings (SSSR count). The molecule has 0 radical (unpaired) electrons. The van der Waals surface area contributed by atoms with Gasteiger partial charge in [0.2, 0.25) is 0 Å². The number of hydrogen-bond acceptors (Lipinski definition) is 6. The zero-order chi connectivity index (χ0) is 19.8. The van der Waals surface area contributed by atoms with Gasteiger partial charge < -0.3 is 0 Å². The van der Waals surface area contributed by atoms with Gasteiger partial charge in [-0.05, 0) is 44.9 Å². The van der Waals surface area contributed by atoms with Crippen molar-refractivity contribution in [2.45, 2.75) is 45.1 Å². The van der Waals surface area contributed by atoms with Gasteiger partial charge in [-0.15, -0.1) is 0 Å². The Bertz CT molecular complexity index is 823. The van der Waals surface area contributed by atoms with Gasteiger partial charge in [0.25, 0.3) is 0 Å². The molecule has 0 amide bonds. The zero-order valence-corrected chi connectivity index (χ0v) is 16.7. The van der Waals surface area contributed by atoms with Crippen LogP contribution in [0.3, 0.4) is 0 Å². The number of aromatic amines is 1. The maximum absolute atomic E-state index is 7.58. The summed E-state index contributed by atoms with van der Waals surface area (Å²) in [6.45, 7) is 3.24. The summed E-state index contributed by atoms with van der Waals surface area (Å²) in [4.78, 5) is 4.80. The van der Waals surface area contributed by atoms with Crippen LogP contribution in [0.1, 0.15) is 44.0 Å². The maximum atomic E-state index is 7.58. The molecule has 1 aliphatic heterocycles. The third-order valence-electron chi connectivity index (χ3n) is 5.12. The van der Waals surface area contributed by atoms with Crippen LogP contribution in [0.5, 0.6) is 0 Å². The van der Waals surface area contributed by atoms with Gasteiger partial charge in [-0.1, -0.05) is 31.6 Å². The third kappa shape index (κ3) is 4.79. The predicted octanol–water partition coefficient (Wildman–Crippen LogP) is 4.34. The first-order valence-electron chi connectivity index (χ1n) is 9.94. The quantitative estimate of drug-likeness (QED) is 0.446. The molecule has 0 saturated carbocycles. The fourth-order valence-electron chi connectivity index (χ4n) is 3.68. The van der Waals surface area contributed by atoms with Crippen molar-refractivity contribution in [3.63, 3.8) is 0 Å². The minimum atomic E-state index is 0.537. The molecule has 0 bridgehead atoms. The number of pyridine rings is 1. The molecule has 2 aromatic heterocycles. The van der Waals surface area contributed by atoms with Crippen LogP contribution in [-0.2, 0) is 6.42 Å². The Morgan fingerprint density at radius 1 is 1.46 bits per heavy atom. The van der Waals surface area contributed by atoms with Crippen LogP contribution >= 0.6 is 0 Å². The minimum Gasteiger partial charge on any atom is -0.285 e. The average Bonchev–Trinajstić information content (AvgIpc) is 3.40. The molecule has 1 atom stereocenters. The number of aryl methyl sites for hydroxylation is 1. The molecular formula is C21H29N7. The van der Waals surface area contributed by atoms with Gasteiger partial charge in [0.1, 0.15) is 5.70 Å². The lowest BCUT2D eigenvalue weighted by Gasteiger charge is -2.21. The van der Waals surface area contributed by atoms with Gasteiger partial charge in [-0.3, -0.25) is 15.5 Å². The van der Waals surface area contributed by atoms with Crippen LogP contribution in [0.15, 0.2) is 47.9 Å². The van der Waals surface area contributed by atoms with Crippen molar-refractivity contribution >= 4 is 5.70 Å². The Labute approximate surface area is 166 Å². The Hall–Kier alpha value is -2.64. The molecule has 148 valence electrons. The van der Waals surface area contributed by atoms with Gasteiger partial charge in [-0.25, -0.2) is 10.5 Å². The SMILES string of the molecule is CCCc1nc(/C(=C/C=C/CC2CCCN2NC)N=N)ccc1-c1cn[nH]c1. The molecule has 3 heterocycles. The van der Waals surface area contributed by atoms with Gasteiger partial charge in [-0.2, -0.15) is 10.2 Å². The summed E-state index contributed by atoms with van der Waals surface area (Å²) in [6, 6.07) is 4.51. The van der Waals surface area contributed by atoms with E-state index in [1.54, 1.807) is 0 Å². The van der Waals surface area contributed by atoms with Crippen molar-refractivity contribution in [2.75, 3.05) is 13.6 Å². The molecular weight excluding hydrogens is 350 g/mol. The Morgan fingerprint density at radius 3 is 3.07 bits per heavy atom. The normalized spacial score (nSPS) is 18.2. The molecule has 1 aliphatic rings. The van der Waals surface area contributed by atoms with E-state index in [1.807, 2.05) is 43.7 Å². The molecule has 1 saturated heterocycles. The second-order valence-corrected chi connectivity index (χ2v) is 6.97. The second-order valence-electron chi connectivity index (χ2n) is 6.97. The molecule has 0 aromatic carbocycles. The Kier molecular flexibility index (Phi) is 7.22. The van der Waals surface area contributed by atoms with Crippen LogP contribution in [0.25, 0.3) is 16.8 Å². The van der Waals surface area contributed by atoms with E-state index < -0.39 is 0 Å². The third-order valence-corrected chi connectivity index (χ3v) is 5.12. The van der Waals surface area contributed by atoms with E-state index >= 15 is 0 Å². The number of allylic oxidation sites excluding steroid dienone is 2. The van der Waals surface area contributed by atoms with Gasteiger partial charge >= 0.3 is 0 Å². The van der Waals surface area contributed by atoms with Crippen LogP contribution in [0, 0.1) is 5.53 Å². The summed E-state index contributed by atoms with van der Waals surface area (Å²) in [5, 5.41) is 12.9. The number of nitrogens with zero attached hydrogens (tertiary/aromatic N) is 4. The lowest BCUT2D eigenvalue weighted by Crippen LogP contribution is -2.38. The van der Waals surface area contributed by atoms with Crippen molar-refractivity contribution in [1.29, 1.82) is 5.53 Å². The summed E-state index contributed by atoms with van der Waals surface area (Å²) in [7, 11) is 1.98. The highest BCUT2D eigenvalue weighted by molar-refractivity contribution is 5.69. The summed E-state index contributed by atoms with van der Waals surface area (Å²) in [5.74, 6) is 0. The van der Waals surface area contributed by atoms with E-state index in [9.17, 15) is 0 Å². The van der Waals surface area contributed by atoms with Gasteiger partial charge in [0.15, 0.2) is 0 Å². The van der Waals surface area contributed by atoms with Crippen molar-refractivity contribution in [3.8, 4) is 11.1 Å². The lowest BCUT2D eigenvalue weighted by molar-refractivity contribution is 0.190. The average molecular weight is 380 g/mol. The van der Waals surface area contributed by atoms with Crippen LogP contribution in [0.4, 0.5) is 0 Å². The van der Waals surface area contributed by atoms with Crippen LogP contribution in [0.2, 0.25) is 0 Å². The Morgan fingerprint density at radius 2 is 2.36 bits per heavy atom. The molecule has 28 heavy (non-hydrogen) atoms. The first-order valence-corrected chi connectivity index (χ1v) is 9.94. The van der Waals surface area contributed by atoms with Crippen LogP contribution in [-0.4, -0.2) is 39.8 Å². The largest absolute Gasteiger partial charge is 0.285 e. The summed E-state index contributed by atoms with van der Waals surface area (Å²) in [6.07, 6.45) is 15.0. The summed E-state index contributed by atoms with van der Waals surface area (Å²) < 4.78 is 0. The van der Waals surface area contributed by atoms with Crippen molar-refractivity contribution in [3.05, 3.63) is 54.1 Å². The minimum absolute atomic E-state index is 0.537. The van der Waals surface area contributed by atoms with Crippen LogP contribution < -0.4 is 5.43 Å².